The molecule has 0 atom stereocenters. The summed E-state index contributed by atoms with van der Waals surface area (Å²) in [6, 6.07) is 23.5. The van der Waals surface area contributed by atoms with Crippen LogP contribution in [0, 0.1) is 0 Å². The molecule has 1 nitrogen and oxygen atoms in total. The molecule has 2 aromatic carbocycles. The predicted octanol–water partition coefficient (Wildman–Crippen LogP) is 5.49. The fraction of sp³-hybridized carbons (Fsp3) is 0.0526. The second-order valence-corrected chi connectivity index (χ2v) is 6.18. The van der Waals surface area contributed by atoms with Crippen LogP contribution in [0.1, 0.15) is 10.4 Å². The normalized spacial score (nSPS) is 11.0. The van der Waals surface area contributed by atoms with Crippen LogP contribution in [0.25, 0.3) is 22.2 Å². The number of aromatic amines is 1. The number of aromatic nitrogens is 1. The van der Waals surface area contributed by atoms with Crippen molar-refractivity contribution in [2.24, 2.45) is 0 Å². The third kappa shape index (κ3) is 2.28. The third-order valence-corrected chi connectivity index (χ3v) is 4.68. The SMILES string of the molecule is c1ccc(-c2[nH]c3ccccc3c2Cc2cccs2)cc1. The van der Waals surface area contributed by atoms with Gasteiger partial charge in [-0.2, -0.15) is 0 Å². The first kappa shape index (κ1) is 12.4. The molecule has 4 aromatic rings. The lowest BCUT2D eigenvalue weighted by Crippen LogP contribution is -1.87. The van der Waals surface area contributed by atoms with E-state index in [-0.39, 0.29) is 0 Å². The van der Waals surface area contributed by atoms with Gasteiger partial charge in [-0.3, -0.25) is 0 Å². The van der Waals surface area contributed by atoms with Crippen molar-refractivity contribution in [3.63, 3.8) is 0 Å². The van der Waals surface area contributed by atoms with Gasteiger partial charge in [0.25, 0.3) is 0 Å². The molecule has 1 N–H and O–H groups in total. The Kier molecular flexibility index (Phi) is 3.09. The van der Waals surface area contributed by atoms with E-state index in [0.717, 1.165) is 6.42 Å². The molecular formula is C19H15NS. The Morgan fingerprint density at radius 2 is 1.62 bits per heavy atom. The van der Waals surface area contributed by atoms with Crippen molar-refractivity contribution >= 4 is 22.2 Å². The molecule has 0 aliphatic carbocycles. The number of fused-ring (bicyclic) bond motifs is 1. The van der Waals surface area contributed by atoms with E-state index in [1.165, 1.54) is 32.6 Å². The van der Waals surface area contributed by atoms with Gasteiger partial charge >= 0.3 is 0 Å². The molecule has 0 saturated heterocycles. The first-order valence-corrected chi connectivity index (χ1v) is 7.97. The molecule has 0 bridgehead atoms. The van der Waals surface area contributed by atoms with E-state index in [1.54, 1.807) is 0 Å². The topological polar surface area (TPSA) is 15.8 Å². The number of hydrogen-bond acceptors (Lipinski definition) is 1. The number of thiophene rings is 1. The maximum absolute atomic E-state index is 3.60. The number of benzene rings is 2. The summed E-state index contributed by atoms with van der Waals surface area (Å²) in [5.74, 6) is 0. The molecule has 0 aliphatic heterocycles. The van der Waals surface area contributed by atoms with E-state index >= 15 is 0 Å². The highest BCUT2D eigenvalue weighted by Crippen LogP contribution is 2.32. The number of H-pyrrole nitrogens is 1. The summed E-state index contributed by atoms with van der Waals surface area (Å²) in [6.07, 6.45) is 0.978. The molecule has 102 valence electrons. The zero-order valence-corrected chi connectivity index (χ0v) is 12.4. The van der Waals surface area contributed by atoms with Crippen LogP contribution in [-0.4, -0.2) is 4.98 Å². The zero-order chi connectivity index (χ0) is 14.1. The summed E-state index contributed by atoms with van der Waals surface area (Å²) >= 11 is 1.82. The van der Waals surface area contributed by atoms with Crippen LogP contribution in [0.15, 0.2) is 72.1 Å². The first-order chi connectivity index (χ1) is 10.4. The van der Waals surface area contributed by atoms with Crippen molar-refractivity contribution in [3.8, 4) is 11.3 Å². The molecule has 0 saturated carbocycles. The minimum atomic E-state index is 0.978. The monoisotopic (exact) mass is 289 g/mol. The van der Waals surface area contributed by atoms with E-state index in [2.05, 4.69) is 77.1 Å². The van der Waals surface area contributed by atoms with Gasteiger partial charge in [0.1, 0.15) is 0 Å². The summed E-state index contributed by atoms with van der Waals surface area (Å²) in [6.45, 7) is 0. The van der Waals surface area contributed by atoms with Gasteiger partial charge in [0.2, 0.25) is 0 Å². The Labute approximate surface area is 127 Å². The molecule has 0 spiro atoms. The lowest BCUT2D eigenvalue weighted by Gasteiger charge is -2.04. The van der Waals surface area contributed by atoms with Crippen molar-refractivity contribution in [3.05, 3.63) is 82.6 Å². The molecule has 0 unspecified atom stereocenters. The van der Waals surface area contributed by atoms with Crippen molar-refractivity contribution < 1.29 is 0 Å². The van der Waals surface area contributed by atoms with E-state index in [4.69, 9.17) is 0 Å². The summed E-state index contributed by atoms with van der Waals surface area (Å²) < 4.78 is 0. The Bertz CT molecular complexity index is 857. The van der Waals surface area contributed by atoms with Crippen LogP contribution in [0.2, 0.25) is 0 Å². The Morgan fingerprint density at radius 1 is 0.810 bits per heavy atom. The zero-order valence-electron chi connectivity index (χ0n) is 11.5. The van der Waals surface area contributed by atoms with Crippen LogP contribution in [0.5, 0.6) is 0 Å². The highest BCUT2D eigenvalue weighted by atomic mass is 32.1. The first-order valence-electron chi connectivity index (χ1n) is 7.09. The fourth-order valence-corrected chi connectivity index (χ4v) is 3.54. The van der Waals surface area contributed by atoms with Gasteiger partial charge < -0.3 is 4.98 Å². The van der Waals surface area contributed by atoms with Crippen LogP contribution in [-0.2, 0) is 6.42 Å². The number of rotatable bonds is 3. The summed E-state index contributed by atoms with van der Waals surface area (Å²) in [7, 11) is 0. The summed E-state index contributed by atoms with van der Waals surface area (Å²) in [4.78, 5) is 5.00. The van der Waals surface area contributed by atoms with Crippen molar-refractivity contribution in [1.82, 2.24) is 4.98 Å². The van der Waals surface area contributed by atoms with Crippen LogP contribution < -0.4 is 0 Å². The van der Waals surface area contributed by atoms with Crippen LogP contribution >= 0.6 is 11.3 Å². The lowest BCUT2D eigenvalue weighted by molar-refractivity contribution is 1.26. The molecular weight excluding hydrogens is 274 g/mol. The summed E-state index contributed by atoms with van der Waals surface area (Å²) in [5, 5.41) is 3.47. The number of nitrogens with one attached hydrogen (secondary N) is 1. The highest BCUT2D eigenvalue weighted by Gasteiger charge is 2.13. The molecule has 21 heavy (non-hydrogen) atoms. The smallest absolute Gasteiger partial charge is 0.0501 e. The third-order valence-electron chi connectivity index (χ3n) is 3.81. The Balaban J connectivity index is 1.93. The average Bonchev–Trinajstić information content (AvgIpc) is 3.17. The van der Waals surface area contributed by atoms with Gasteiger partial charge in [0.05, 0.1) is 5.69 Å². The van der Waals surface area contributed by atoms with E-state index in [1.807, 2.05) is 11.3 Å². The van der Waals surface area contributed by atoms with E-state index < -0.39 is 0 Å². The van der Waals surface area contributed by atoms with Crippen molar-refractivity contribution in [2.75, 3.05) is 0 Å². The van der Waals surface area contributed by atoms with Crippen molar-refractivity contribution in [1.29, 1.82) is 0 Å². The molecule has 0 amide bonds. The number of hydrogen-bond donors (Lipinski definition) is 1. The van der Waals surface area contributed by atoms with Gasteiger partial charge in [0, 0.05) is 22.2 Å². The summed E-state index contributed by atoms with van der Waals surface area (Å²) in [5.41, 5.74) is 5.09. The maximum atomic E-state index is 3.60. The largest absolute Gasteiger partial charge is 0.354 e. The van der Waals surface area contributed by atoms with Crippen LogP contribution in [0.4, 0.5) is 0 Å². The van der Waals surface area contributed by atoms with Crippen molar-refractivity contribution in [2.45, 2.75) is 6.42 Å². The van der Waals surface area contributed by atoms with Crippen LogP contribution in [0.3, 0.4) is 0 Å². The van der Waals surface area contributed by atoms with Gasteiger partial charge in [-0.05, 0) is 28.6 Å². The minimum absolute atomic E-state index is 0.978. The van der Waals surface area contributed by atoms with E-state index in [9.17, 15) is 0 Å². The minimum Gasteiger partial charge on any atom is -0.354 e. The van der Waals surface area contributed by atoms with E-state index in [0.29, 0.717) is 0 Å². The quantitative estimate of drug-likeness (QED) is 0.513. The molecule has 2 aromatic heterocycles. The molecule has 0 radical (unpaired) electrons. The Hall–Kier alpha value is -2.32. The Morgan fingerprint density at radius 3 is 2.43 bits per heavy atom. The lowest BCUT2D eigenvalue weighted by atomic mass is 10.0. The second kappa shape index (κ2) is 5.23. The molecule has 2 heteroatoms. The van der Waals surface area contributed by atoms with Gasteiger partial charge in [-0.1, -0.05) is 54.6 Å². The second-order valence-electron chi connectivity index (χ2n) is 5.15. The predicted molar refractivity (Wildman–Crippen MR) is 90.9 cm³/mol. The van der Waals surface area contributed by atoms with Gasteiger partial charge in [-0.25, -0.2) is 0 Å². The molecule has 0 fully saturated rings. The number of para-hydroxylation sites is 1. The van der Waals surface area contributed by atoms with Gasteiger partial charge in [0.15, 0.2) is 0 Å². The van der Waals surface area contributed by atoms with Gasteiger partial charge in [-0.15, -0.1) is 11.3 Å². The maximum Gasteiger partial charge on any atom is 0.0501 e. The highest BCUT2D eigenvalue weighted by molar-refractivity contribution is 7.09. The molecule has 2 heterocycles. The standard InChI is InChI=1S/C19H15NS/c1-2-7-14(8-3-1)19-17(13-15-9-6-12-21-15)16-10-4-5-11-18(16)20-19/h1-12,20H,13H2. The molecule has 4 rings (SSSR count). The fourth-order valence-electron chi connectivity index (χ4n) is 2.82. The molecule has 0 aliphatic rings. The average molecular weight is 289 g/mol.